The minimum Gasteiger partial charge on any atom is -0.463 e. The number of aromatic nitrogens is 2. The van der Waals surface area contributed by atoms with Crippen molar-refractivity contribution in [2.75, 3.05) is 6.61 Å². The third-order valence-electron chi connectivity index (χ3n) is 3.63. The highest BCUT2D eigenvalue weighted by Crippen LogP contribution is 2.13. The number of carbonyl (C=O) groups is 1. The van der Waals surface area contributed by atoms with Gasteiger partial charge in [-0.15, -0.1) is 0 Å². The number of benzene rings is 1. The van der Waals surface area contributed by atoms with Crippen LogP contribution in [0.5, 0.6) is 0 Å². The molecular formula is C17H20N2O3. The standard InChI is InChI=1S/C17H20N2O3/c1-5-22-17(21)12(2)11-15-13(3)18(4)19(16(15)20)14-9-7-6-8-10-14/h6-10H,2,5,11H2,1,3-4H3. The van der Waals surface area contributed by atoms with Crippen molar-refractivity contribution >= 4 is 5.97 Å². The zero-order valence-corrected chi connectivity index (χ0v) is 13.1. The van der Waals surface area contributed by atoms with Crippen LogP contribution < -0.4 is 5.56 Å². The summed E-state index contributed by atoms with van der Waals surface area (Å²) < 4.78 is 8.29. The van der Waals surface area contributed by atoms with Crippen LogP contribution in [0.3, 0.4) is 0 Å². The van der Waals surface area contributed by atoms with E-state index in [1.807, 2.05) is 44.3 Å². The molecule has 0 amide bonds. The molecule has 1 heterocycles. The Hall–Kier alpha value is -2.56. The van der Waals surface area contributed by atoms with Crippen molar-refractivity contribution in [2.45, 2.75) is 20.3 Å². The second kappa shape index (κ2) is 6.47. The van der Waals surface area contributed by atoms with Crippen molar-refractivity contribution < 1.29 is 9.53 Å². The van der Waals surface area contributed by atoms with Gasteiger partial charge in [-0.25, -0.2) is 9.48 Å². The fourth-order valence-electron chi connectivity index (χ4n) is 2.35. The molecule has 0 N–H and O–H groups in total. The van der Waals surface area contributed by atoms with Crippen molar-refractivity contribution in [2.24, 2.45) is 7.05 Å². The number of ether oxygens (including phenoxy) is 1. The third kappa shape index (κ3) is 2.88. The second-order valence-electron chi connectivity index (χ2n) is 5.04. The first-order chi connectivity index (χ1) is 10.5. The average Bonchev–Trinajstić information content (AvgIpc) is 2.72. The van der Waals surface area contributed by atoms with Gasteiger partial charge in [-0.2, -0.15) is 0 Å². The average molecular weight is 300 g/mol. The Balaban J connectivity index is 2.41. The van der Waals surface area contributed by atoms with Gasteiger partial charge in [0.2, 0.25) is 0 Å². The maximum absolute atomic E-state index is 12.7. The molecular weight excluding hydrogens is 280 g/mol. The van der Waals surface area contributed by atoms with E-state index in [4.69, 9.17) is 4.74 Å². The fraction of sp³-hybridized carbons (Fsp3) is 0.294. The van der Waals surface area contributed by atoms with E-state index in [0.717, 1.165) is 11.4 Å². The first-order valence-corrected chi connectivity index (χ1v) is 7.15. The van der Waals surface area contributed by atoms with E-state index in [9.17, 15) is 9.59 Å². The zero-order valence-electron chi connectivity index (χ0n) is 13.1. The van der Waals surface area contributed by atoms with Crippen LogP contribution in [0.4, 0.5) is 0 Å². The Bertz CT molecular complexity index is 754. The van der Waals surface area contributed by atoms with Crippen molar-refractivity contribution in [3.8, 4) is 5.69 Å². The van der Waals surface area contributed by atoms with Gasteiger partial charge in [-0.3, -0.25) is 9.48 Å². The number of rotatable bonds is 5. The predicted molar refractivity (Wildman–Crippen MR) is 85.2 cm³/mol. The third-order valence-corrected chi connectivity index (χ3v) is 3.63. The van der Waals surface area contributed by atoms with E-state index in [2.05, 4.69) is 6.58 Å². The lowest BCUT2D eigenvalue weighted by atomic mass is 10.1. The number of esters is 1. The minimum atomic E-state index is -0.462. The van der Waals surface area contributed by atoms with Gasteiger partial charge in [-0.1, -0.05) is 24.8 Å². The van der Waals surface area contributed by atoms with E-state index in [1.165, 1.54) is 0 Å². The highest BCUT2D eigenvalue weighted by Gasteiger charge is 2.19. The fourth-order valence-corrected chi connectivity index (χ4v) is 2.35. The Labute approximate surface area is 129 Å². The lowest BCUT2D eigenvalue weighted by Gasteiger charge is -2.07. The first kappa shape index (κ1) is 15.8. The van der Waals surface area contributed by atoms with E-state index < -0.39 is 5.97 Å². The highest BCUT2D eigenvalue weighted by molar-refractivity contribution is 5.88. The van der Waals surface area contributed by atoms with Gasteiger partial charge >= 0.3 is 5.97 Å². The number of hydrogen-bond acceptors (Lipinski definition) is 3. The van der Waals surface area contributed by atoms with Crippen LogP contribution in [0.2, 0.25) is 0 Å². The molecule has 0 bridgehead atoms. The molecule has 0 radical (unpaired) electrons. The Morgan fingerprint density at radius 1 is 1.27 bits per heavy atom. The van der Waals surface area contributed by atoms with Gasteiger partial charge in [0.1, 0.15) is 0 Å². The molecule has 22 heavy (non-hydrogen) atoms. The molecule has 0 saturated heterocycles. The molecule has 2 rings (SSSR count). The number of nitrogens with zero attached hydrogens (tertiary/aromatic N) is 2. The molecule has 0 aliphatic rings. The summed E-state index contributed by atoms with van der Waals surface area (Å²) in [6.07, 6.45) is 0.192. The van der Waals surface area contributed by atoms with E-state index >= 15 is 0 Å². The molecule has 0 spiro atoms. The van der Waals surface area contributed by atoms with Crippen molar-refractivity contribution in [3.05, 3.63) is 64.1 Å². The largest absolute Gasteiger partial charge is 0.463 e. The lowest BCUT2D eigenvalue weighted by molar-refractivity contribution is -0.138. The Morgan fingerprint density at radius 3 is 2.50 bits per heavy atom. The van der Waals surface area contributed by atoms with E-state index in [-0.39, 0.29) is 17.6 Å². The van der Waals surface area contributed by atoms with Gasteiger partial charge in [0.25, 0.3) is 5.56 Å². The minimum absolute atomic E-state index is 0.142. The number of para-hydroxylation sites is 1. The molecule has 0 unspecified atom stereocenters. The summed E-state index contributed by atoms with van der Waals surface area (Å²) in [4.78, 5) is 24.4. The van der Waals surface area contributed by atoms with E-state index in [1.54, 1.807) is 16.3 Å². The quantitative estimate of drug-likeness (QED) is 0.628. The molecule has 5 heteroatoms. The normalized spacial score (nSPS) is 10.5. The van der Waals surface area contributed by atoms with Crippen LogP contribution in [-0.2, 0) is 23.0 Å². The smallest absolute Gasteiger partial charge is 0.333 e. The molecule has 2 aromatic rings. The lowest BCUT2D eigenvalue weighted by Crippen LogP contribution is -2.21. The van der Waals surface area contributed by atoms with Crippen LogP contribution in [0.15, 0.2) is 47.3 Å². The van der Waals surface area contributed by atoms with Gasteiger partial charge in [0, 0.05) is 30.3 Å². The monoisotopic (exact) mass is 300 g/mol. The van der Waals surface area contributed by atoms with Crippen molar-refractivity contribution in [1.29, 1.82) is 0 Å². The predicted octanol–water partition coefficient (Wildman–Crippen LogP) is 2.15. The molecule has 116 valence electrons. The summed E-state index contributed by atoms with van der Waals surface area (Å²) in [5.74, 6) is -0.462. The maximum atomic E-state index is 12.7. The SMILES string of the molecule is C=C(Cc1c(C)n(C)n(-c2ccccc2)c1=O)C(=O)OCC. The maximum Gasteiger partial charge on any atom is 0.333 e. The van der Waals surface area contributed by atoms with Crippen molar-refractivity contribution in [3.63, 3.8) is 0 Å². The molecule has 0 aliphatic carbocycles. The Morgan fingerprint density at radius 2 is 1.91 bits per heavy atom. The van der Waals surface area contributed by atoms with Crippen LogP contribution in [0.1, 0.15) is 18.2 Å². The van der Waals surface area contributed by atoms with Gasteiger partial charge in [0.05, 0.1) is 12.3 Å². The summed E-state index contributed by atoms with van der Waals surface area (Å²) >= 11 is 0. The van der Waals surface area contributed by atoms with Crippen LogP contribution in [0.25, 0.3) is 5.69 Å². The van der Waals surface area contributed by atoms with Gasteiger partial charge in [0.15, 0.2) is 0 Å². The molecule has 0 aliphatic heterocycles. The van der Waals surface area contributed by atoms with Crippen molar-refractivity contribution in [1.82, 2.24) is 9.36 Å². The second-order valence-corrected chi connectivity index (χ2v) is 5.04. The molecule has 0 fully saturated rings. The number of hydrogen-bond donors (Lipinski definition) is 0. The Kier molecular flexibility index (Phi) is 4.65. The molecule has 0 atom stereocenters. The molecule has 1 aromatic carbocycles. The van der Waals surface area contributed by atoms with Crippen LogP contribution in [-0.4, -0.2) is 21.9 Å². The zero-order chi connectivity index (χ0) is 16.3. The topological polar surface area (TPSA) is 53.2 Å². The number of carbonyl (C=O) groups excluding carboxylic acids is 1. The van der Waals surface area contributed by atoms with Gasteiger partial charge in [-0.05, 0) is 26.0 Å². The summed E-state index contributed by atoms with van der Waals surface area (Å²) in [6, 6.07) is 9.38. The van der Waals surface area contributed by atoms with Crippen LogP contribution >= 0.6 is 0 Å². The highest BCUT2D eigenvalue weighted by atomic mass is 16.5. The summed E-state index contributed by atoms with van der Waals surface area (Å²) in [7, 11) is 1.82. The molecule has 5 nitrogen and oxygen atoms in total. The van der Waals surface area contributed by atoms with E-state index in [0.29, 0.717) is 12.2 Å². The first-order valence-electron chi connectivity index (χ1n) is 7.15. The summed E-state index contributed by atoms with van der Waals surface area (Å²) in [5, 5.41) is 0. The summed E-state index contributed by atoms with van der Waals surface area (Å²) in [5.41, 5.74) is 2.29. The van der Waals surface area contributed by atoms with Gasteiger partial charge < -0.3 is 4.74 Å². The van der Waals surface area contributed by atoms with Crippen LogP contribution in [0, 0.1) is 6.92 Å². The summed E-state index contributed by atoms with van der Waals surface area (Å²) in [6.45, 7) is 7.62. The molecule has 0 saturated carbocycles. The molecule has 1 aromatic heterocycles.